The monoisotopic (exact) mass is 557 g/mol. The molecule has 1 heterocycles. The molecule has 1 aromatic heterocycles. The number of halogens is 1. The van der Waals surface area contributed by atoms with Gasteiger partial charge in [-0.25, -0.2) is 0 Å². The third kappa shape index (κ3) is 8.42. The van der Waals surface area contributed by atoms with Crippen molar-refractivity contribution in [3.63, 3.8) is 0 Å². The molecule has 2 N–H and O–H groups in total. The minimum atomic E-state index is 0. The van der Waals surface area contributed by atoms with Crippen molar-refractivity contribution in [1.29, 1.82) is 0 Å². The Balaban J connectivity index is 0.00000480. The zero-order valence-corrected chi connectivity index (χ0v) is 22.4. The lowest BCUT2D eigenvalue weighted by molar-refractivity contribution is 0.0827. The van der Waals surface area contributed by atoms with Crippen LogP contribution in [0.3, 0.4) is 0 Å². The Labute approximate surface area is 208 Å². The normalized spacial score (nSPS) is 12.3. The highest BCUT2D eigenvalue weighted by Crippen LogP contribution is 2.22. The third-order valence-corrected chi connectivity index (χ3v) is 5.86. The van der Waals surface area contributed by atoms with E-state index in [2.05, 4.69) is 57.3 Å². The summed E-state index contributed by atoms with van der Waals surface area (Å²) in [5.41, 5.74) is 3.19. The van der Waals surface area contributed by atoms with Gasteiger partial charge in [0, 0.05) is 39.8 Å². The number of hydrogen-bond donors (Lipinski definition) is 2. The smallest absolute Gasteiger partial charge is 0.253 e. The number of carbonyl (C=O) groups excluding carboxylic acids is 1. The van der Waals surface area contributed by atoms with Gasteiger partial charge < -0.3 is 15.5 Å². The molecule has 1 amide bonds. The molecule has 0 radical (unpaired) electrons. The molecule has 2 rings (SSSR count). The molecule has 31 heavy (non-hydrogen) atoms. The quantitative estimate of drug-likeness (QED) is 0.265. The van der Waals surface area contributed by atoms with E-state index in [1.165, 1.54) is 5.56 Å². The van der Waals surface area contributed by atoms with E-state index >= 15 is 0 Å². The first-order valence-electron chi connectivity index (χ1n) is 10.5. The molecule has 1 aromatic carbocycles. The van der Waals surface area contributed by atoms with Crippen molar-refractivity contribution >= 4 is 47.2 Å². The summed E-state index contributed by atoms with van der Waals surface area (Å²) in [5.74, 6) is 0.820. The molecule has 2 aromatic rings. The first-order chi connectivity index (χ1) is 14.5. The molecular weight excluding hydrogens is 521 g/mol. The number of thiophene rings is 1. The predicted molar refractivity (Wildman–Crippen MR) is 143 cm³/mol. The van der Waals surface area contributed by atoms with E-state index in [0.717, 1.165) is 49.7 Å². The molecule has 0 aliphatic rings. The zero-order chi connectivity index (χ0) is 21.9. The lowest BCUT2D eigenvalue weighted by Crippen LogP contribution is -2.43. The van der Waals surface area contributed by atoms with Crippen molar-refractivity contribution in [2.75, 3.05) is 47.3 Å². The molecule has 0 spiro atoms. The number of nitrogens with one attached hydrogen (secondary N) is 2. The van der Waals surface area contributed by atoms with Crippen LogP contribution in [-0.2, 0) is 6.42 Å². The van der Waals surface area contributed by atoms with Gasteiger partial charge in [0.15, 0.2) is 5.96 Å². The second kappa shape index (κ2) is 14.4. The lowest BCUT2D eigenvalue weighted by atomic mass is 10.1. The first kappa shape index (κ1) is 27.4. The van der Waals surface area contributed by atoms with Crippen LogP contribution in [-0.4, -0.2) is 69.0 Å². The van der Waals surface area contributed by atoms with Crippen LogP contribution < -0.4 is 10.6 Å². The molecule has 6 nitrogen and oxygen atoms in total. The summed E-state index contributed by atoms with van der Waals surface area (Å²) < 4.78 is 0. The molecule has 0 aliphatic carbocycles. The molecule has 0 saturated carbocycles. The molecule has 0 aliphatic heterocycles. The Hall–Kier alpha value is -1.65. The van der Waals surface area contributed by atoms with E-state index in [1.807, 2.05) is 18.2 Å². The van der Waals surface area contributed by atoms with Gasteiger partial charge in [-0.3, -0.25) is 14.7 Å². The van der Waals surface area contributed by atoms with E-state index in [4.69, 9.17) is 0 Å². The van der Waals surface area contributed by atoms with Gasteiger partial charge in [0.1, 0.15) is 0 Å². The van der Waals surface area contributed by atoms with Crippen molar-refractivity contribution in [1.82, 2.24) is 20.4 Å². The lowest BCUT2D eigenvalue weighted by Gasteiger charge is -2.30. The zero-order valence-electron chi connectivity index (χ0n) is 19.2. The number of rotatable bonds is 10. The second-order valence-corrected chi connectivity index (χ2v) is 8.10. The largest absolute Gasteiger partial charge is 0.356 e. The Bertz CT molecular complexity index is 806. The second-order valence-electron chi connectivity index (χ2n) is 7.32. The molecule has 1 unspecified atom stereocenters. The number of amides is 1. The average molecular weight is 558 g/mol. The van der Waals surface area contributed by atoms with Crippen LogP contribution >= 0.6 is 35.3 Å². The Morgan fingerprint density at radius 2 is 1.90 bits per heavy atom. The fourth-order valence-electron chi connectivity index (χ4n) is 3.44. The minimum absolute atomic E-state index is 0. The highest BCUT2D eigenvalue weighted by atomic mass is 127. The molecule has 0 bridgehead atoms. The van der Waals surface area contributed by atoms with Crippen LogP contribution in [0, 0.1) is 0 Å². The topological polar surface area (TPSA) is 60.0 Å². The maximum atomic E-state index is 12.2. The van der Waals surface area contributed by atoms with Crippen LogP contribution in [0.1, 0.15) is 41.4 Å². The fourth-order valence-corrected chi connectivity index (χ4v) is 4.15. The first-order valence-corrected chi connectivity index (χ1v) is 11.5. The Morgan fingerprint density at radius 1 is 1.16 bits per heavy atom. The summed E-state index contributed by atoms with van der Waals surface area (Å²) in [6.45, 7) is 7.95. The SMILES string of the molecule is CCN(CC)C(CNC(=NC)NCCc1cccc(C(=O)N(C)C)c1)c1ccsc1.I. The predicted octanol–water partition coefficient (Wildman–Crippen LogP) is 3.86. The van der Waals surface area contributed by atoms with Gasteiger partial charge in [0.2, 0.25) is 0 Å². The van der Waals surface area contributed by atoms with E-state index in [0.29, 0.717) is 6.04 Å². The molecule has 0 saturated heterocycles. The number of benzene rings is 1. The van der Waals surface area contributed by atoms with Crippen molar-refractivity contribution in [3.05, 3.63) is 57.8 Å². The maximum Gasteiger partial charge on any atom is 0.253 e. The van der Waals surface area contributed by atoms with Gasteiger partial charge in [-0.05, 0) is 59.6 Å². The fraction of sp³-hybridized carbons (Fsp3) is 0.478. The summed E-state index contributed by atoms with van der Waals surface area (Å²) in [7, 11) is 5.34. The summed E-state index contributed by atoms with van der Waals surface area (Å²) >= 11 is 1.74. The van der Waals surface area contributed by atoms with Crippen LogP contribution in [0.15, 0.2) is 46.1 Å². The van der Waals surface area contributed by atoms with Gasteiger partial charge in [0.05, 0.1) is 6.04 Å². The molecule has 172 valence electrons. The number of likely N-dealkylation sites (N-methyl/N-ethyl adjacent to an activating group) is 1. The number of nitrogens with zero attached hydrogens (tertiary/aromatic N) is 3. The molecule has 8 heteroatoms. The number of hydrogen-bond acceptors (Lipinski definition) is 4. The van der Waals surface area contributed by atoms with Gasteiger partial charge in [-0.1, -0.05) is 26.0 Å². The van der Waals surface area contributed by atoms with Crippen molar-refractivity contribution in [2.24, 2.45) is 4.99 Å². The summed E-state index contributed by atoms with van der Waals surface area (Å²) in [5, 5.41) is 11.2. The highest BCUT2D eigenvalue weighted by molar-refractivity contribution is 14.0. The van der Waals surface area contributed by atoms with Gasteiger partial charge in [-0.15, -0.1) is 24.0 Å². The van der Waals surface area contributed by atoms with Crippen LogP contribution in [0.25, 0.3) is 0 Å². The summed E-state index contributed by atoms with van der Waals surface area (Å²) in [4.78, 5) is 20.6. The summed E-state index contributed by atoms with van der Waals surface area (Å²) in [6, 6.07) is 10.3. The Morgan fingerprint density at radius 3 is 2.48 bits per heavy atom. The summed E-state index contributed by atoms with van der Waals surface area (Å²) in [6.07, 6.45) is 0.819. The van der Waals surface area contributed by atoms with E-state index < -0.39 is 0 Å². The van der Waals surface area contributed by atoms with Gasteiger partial charge in [-0.2, -0.15) is 11.3 Å². The van der Waals surface area contributed by atoms with Gasteiger partial charge >= 0.3 is 0 Å². The van der Waals surface area contributed by atoms with E-state index in [1.54, 1.807) is 37.4 Å². The molecule has 1 atom stereocenters. The number of guanidine groups is 1. The maximum absolute atomic E-state index is 12.2. The van der Waals surface area contributed by atoms with Crippen molar-refractivity contribution < 1.29 is 4.79 Å². The highest BCUT2D eigenvalue weighted by Gasteiger charge is 2.18. The van der Waals surface area contributed by atoms with Gasteiger partial charge in [0.25, 0.3) is 5.91 Å². The van der Waals surface area contributed by atoms with Crippen LogP contribution in [0.4, 0.5) is 0 Å². The average Bonchev–Trinajstić information content (AvgIpc) is 3.29. The van der Waals surface area contributed by atoms with Crippen LogP contribution in [0.2, 0.25) is 0 Å². The number of aliphatic imine (C=N–C) groups is 1. The number of carbonyl (C=O) groups is 1. The van der Waals surface area contributed by atoms with Crippen molar-refractivity contribution in [2.45, 2.75) is 26.3 Å². The molecule has 0 fully saturated rings. The standard InChI is InChI=1S/C23H35N5OS.HI/c1-6-28(7-2)21(20-12-14-30-17-20)16-26-23(24-3)25-13-11-18-9-8-10-19(15-18)22(29)27(4)5;/h8-10,12,14-15,17,21H,6-7,11,13,16H2,1-5H3,(H2,24,25,26);1H. The Kier molecular flexibility index (Phi) is 12.7. The minimum Gasteiger partial charge on any atom is -0.356 e. The van der Waals surface area contributed by atoms with Crippen LogP contribution in [0.5, 0.6) is 0 Å². The van der Waals surface area contributed by atoms with E-state index in [-0.39, 0.29) is 29.9 Å². The van der Waals surface area contributed by atoms with Crippen molar-refractivity contribution in [3.8, 4) is 0 Å². The third-order valence-electron chi connectivity index (χ3n) is 5.15. The van der Waals surface area contributed by atoms with E-state index in [9.17, 15) is 4.79 Å². The molecular formula is C23H36IN5OS.